The third-order valence-electron chi connectivity index (χ3n) is 5.52. The second kappa shape index (κ2) is 8.02. The first-order chi connectivity index (χ1) is 13.7. The van der Waals surface area contributed by atoms with E-state index in [0.717, 1.165) is 31.0 Å². The molecule has 1 unspecified atom stereocenters. The summed E-state index contributed by atoms with van der Waals surface area (Å²) in [6.45, 7) is 7.06. The Hall–Kier alpha value is -2.86. The number of aryl methyl sites for hydroxylation is 1. The molecule has 0 aliphatic carbocycles. The average molecular weight is 377 g/mol. The van der Waals surface area contributed by atoms with Gasteiger partial charge in [0, 0.05) is 25.0 Å². The van der Waals surface area contributed by atoms with Crippen molar-refractivity contribution in [3.8, 4) is 11.5 Å². The van der Waals surface area contributed by atoms with Gasteiger partial charge in [0.25, 0.3) is 5.91 Å². The zero-order chi connectivity index (χ0) is 19.5. The fraction of sp³-hybridized carbons (Fsp3) is 0.364. The topological polar surface area (TPSA) is 55.1 Å². The minimum atomic E-state index is -0.0787. The van der Waals surface area contributed by atoms with Crippen LogP contribution < -0.4 is 5.32 Å². The lowest BCUT2D eigenvalue weighted by Gasteiger charge is -2.22. The Kier molecular flexibility index (Phi) is 5.30. The quantitative estimate of drug-likeness (QED) is 0.718. The first-order valence-corrected chi connectivity index (χ1v) is 9.98. The largest absolute Gasteiger partial charge is 0.350 e. The molecule has 6 nitrogen and oxygen atoms in total. The maximum Gasteiger partial charge on any atom is 0.256 e. The Labute approximate surface area is 165 Å². The van der Waals surface area contributed by atoms with Crippen molar-refractivity contribution in [2.75, 3.05) is 19.6 Å². The van der Waals surface area contributed by atoms with Crippen molar-refractivity contribution >= 4 is 5.91 Å². The van der Waals surface area contributed by atoms with Crippen LogP contribution in [0.5, 0.6) is 0 Å². The Morgan fingerprint density at radius 1 is 1.21 bits per heavy atom. The highest BCUT2D eigenvalue weighted by Crippen LogP contribution is 2.21. The molecule has 0 saturated carbocycles. The lowest BCUT2D eigenvalue weighted by Crippen LogP contribution is -2.40. The number of rotatable bonds is 6. The molecule has 1 N–H and O–H groups in total. The predicted molar refractivity (Wildman–Crippen MR) is 110 cm³/mol. The summed E-state index contributed by atoms with van der Waals surface area (Å²) in [4.78, 5) is 15.4. The van der Waals surface area contributed by atoms with Crippen LogP contribution in [-0.2, 0) is 0 Å². The van der Waals surface area contributed by atoms with E-state index in [1.54, 1.807) is 6.20 Å². The van der Waals surface area contributed by atoms with E-state index in [0.29, 0.717) is 18.2 Å². The predicted octanol–water partition coefficient (Wildman–Crippen LogP) is 3.19. The zero-order valence-corrected chi connectivity index (χ0v) is 16.5. The molecule has 1 aliphatic heterocycles. The van der Waals surface area contributed by atoms with Gasteiger partial charge in [0.2, 0.25) is 0 Å². The summed E-state index contributed by atoms with van der Waals surface area (Å²) >= 11 is 0. The van der Waals surface area contributed by atoms with Gasteiger partial charge >= 0.3 is 0 Å². The van der Waals surface area contributed by atoms with Gasteiger partial charge in [-0.05, 0) is 57.1 Å². The third kappa shape index (κ3) is 3.60. The average Bonchev–Trinajstić information content (AvgIpc) is 3.46. The van der Waals surface area contributed by atoms with Crippen LogP contribution in [0.2, 0.25) is 0 Å². The first kappa shape index (κ1) is 18.5. The van der Waals surface area contributed by atoms with Gasteiger partial charge in [-0.1, -0.05) is 24.6 Å². The van der Waals surface area contributed by atoms with Gasteiger partial charge in [0.15, 0.2) is 5.82 Å². The number of hydrogen-bond acceptors (Lipinski definition) is 3. The summed E-state index contributed by atoms with van der Waals surface area (Å²) in [6.07, 6.45) is 7.88. The fourth-order valence-electron chi connectivity index (χ4n) is 3.95. The molecule has 6 heteroatoms. The van der Waals surface area contributed by atoms with Gasteiger partial charge in [-0.3, -0.25) is 9.69 Å². The molecule has 4 rings (SSSR count). The maximum absolute atomic E-state index is 13.0. The number of hydrogen-bond donors (Lipinski definition) is 1. The van der Waals surface area contributed by atoms with Gasteiger partial charge in [-0.2, -0.15) is 5.10 Å². The van der Waals surface area contributed by atoms with Crippen LogP contribution in [0.25, 0.3) is 11.5 Å². The van der Waals surface area contributed by atoms with E-state index in [4.69, 9.17) is 0 Å². The summed E-state index contributed by atoms with van der Waals surface area (Å²) in [5.41, 5.74) is 2.70. The first-order valence-electron chi connectivity index (χ1n) is 9.98. The molecule has 0 spiro atoms. The zero-order valence-electron chi connectivity index (χ0n) is 16.5. The molecule has 0 bridgehead atoms. The van der Waals surface area contributed by atoms with Gasteiger partial charge in [-0.25, -0.2) is 4.68 Å². The van der Waals surface area contributed by atoms with E-state index in [1.807, 2.05) is 45.9 Å². The van der Waals surface area contributed by atoms with Crippen molar-refractivity contribution in [2.24, 2.45) is 0 Å². The minimum absolute atomic E-state index is 0.0787. The highest BCUT2D eigenvalue weighted by Gasteiger charge is 2.25. The number of benzene rings is 1. The molecule has 28 heavy (non-hydrogen) atoms. The molecule has 146 valence electrons. The molecule has 1 saturated heterocycles. The summed E-state index contributed by atoms with van der Waals surface area (Å²) in [5, 5.41) is 7.66. The van der Waals surface area contributed by atoms with E-state index >= 15 is 0 Å². The smallest absolute Gasteiger partial charge is 0.256 e. The second-order valence-corrected chi connectivity index (χ2v) is 7.35. The molecule has 2 aromatic heterocycles. The normalized spacial score (nSPS) is 17.1. The summed E-state index contributed by atoms with van der Waals surface area (Å²) in [5.74, 6) is 0.676. The number of nitrogens with zero attached hydrogens (tertiary/aromatic N) is 4. The summed E-state index contributed by atoms with van der Waals surface area (Å²) in [7, 11) is 0. The van der Waals surface area contributed by atoms with Crippen molar-refractivity contribution < 1.29 is 4.79 Å². The molecule has 1 atom stereocenters. The van der Waals surface area contributed by atoms with Crippen molar-refractivity contribution in [2.45, 2.75) is 32.7 Å². The molecular formula is C22H27N5O. The maximum atomic E-state index is 13.0. The van der Waals surface area contributed by atoms with E-state index in [2.05, 4.69) is 41.3 Å². The van der Waals surface area contributed by atoms with Gasteiger partial charge in [0.05, 0.1) is 11.9 Å². The summed E-state index contributed by atoms with van der Waals surface area (Å²) < 4.78 is 3.76. The Balaban J connectivity index is 1.61. The van der Waals surface area contributed by atoms with Crippen LogP contribution in [0.4, 0.5) is 0 Å². The Bertz CT molecular complexity index is 927. The van der Waals surface area contributed by atoms with Crippen LogP contribution >= 0.6 is 0 Å². The summed E-state index contributed by atoms with van der Waals surface area (Å²) in [6, 6.07) is 12.5. The minimum Gasteiger partial charge on any atom is -0.350 e. The van der Waals surface area contributed by atoms with Crippen LogP contribution in [0.15, 0.2) is 55.0 Å². The van der Waals surface area contributed by atoms with E-state index in [1.165, 1.54) is 12.0 Å². The van der Waals surface area contributed by atoms with Crippen LogP contribution in [0, 0.1) is 6.92 Å². The van der Waals surface area contributed by atoms with Crippen molar-refractivity contribution in [3.05, 3.63) is 66.1 Å². The number of likely N-dealkylation sites (N-methyl/N-ethyl adjacent to an activating group) is 1. The molecule has 0 radical (unpaired) electrons. The SMILES string of the molecule is CCN1CCCC1CNC(=O)c1cnn(-c2ccc(C)cc2)c1-n1cccc1. The Morgan fingerprint density at radius 3 is 2.68 bits per heavy atom. The number of likely N-dealkylation sites (tertiary alicyclic amines) is 1. The molecule has 3 aromatic rings. The molecule has 1 amide bonds. The van der Waals surface area contributed by atoms with Gasteiger partial charge < -0.3 is 9.88 Å². The van der Waals surface area contributed by atoms with Crippen molar-refractivity contribution in [3.63, 3.8) is 0 Å². The van der Waals surface area contributed by atoms with Crippen LogP contribution in [0.1, 0.15) is 35.7 Å². The van der Waals surface area contributed by atoms with E-state index < -0.39 is 0 Å². The second-order valence-electron chi connectivity index (χ2n) is 7.35. The van der Waals surface area contributed by atoms with Gasteiger partial charge in [-0.15, -0.1) is 0 Å². The molecule has 1 aromatic carbocycles. The monoisotopic (exact) mass is 377 g/mol. The molecular weight excluding hydrogens is 350 g/mol. The highest BCUT2D eigenvalue weighted by molar-refractivity contribution is 5.97. The number of carbonyl (C=O) groups is 1. The standard InChI is InChI=1S/C22H27N5O/c1-3-25-14-6-7-19(25)15-23-21(28)20-16-24-27(18-10-8-17(2)9-11-18)22(20)26-12-4-5-13-26/h4-5,8-13,16,19H,3,6-7,14-15H2,1-2H3,(H,23,28). The lowest BCUT2D eigenvalue weighted by atomic mass is 10.2. The van der Waals surface area contributed by atoms with Crippen LogP contribution in [-0.4, -0.2) is 50.8 Å². The molecule has 1 fully saturated rings. The third-order valence-corrected chi connectivity index (χ3v) is 5.52. The number of nitrogens with one attached hydrogen (secondary N) is 1. The number of carbonyl (C=O) groups excluding carboxylic acids is 1. The van der Waals surface area contributed by atoms with Crippen LogP contribution in [0.3, 0.4) is 0 Å². The number of amides is 1. The van der Waals surface area contributed by atoms with E-state index in [9.17, 15) is 4.79 Å². The van der Waals surface area contributed by atoms with E-state index in [-0.39, 0.29) is 5.91 Å². The highest BCUT2D eigenvalue weighted by atomic mass is 16.1. The fourth-order valence-corrected chi connectivity index (χ4v) is 3.95. The number of aromatic nitrogens is 3. The molecule has 3 heterocycles. The Morgan fingerprint density at radius 2 is 1.96 bits per heavy atom. The van der Waals surface area contributed by atoms with Crippen molar-refractivity contribution in [1.29, 1.82) is 0 Å². The van der Waals surface area contributed by atoms with Crippen molar-refractivity contribution in [1.82, 2.24) is 24.6 Å². The molecule has 1 aliphatic rings. The lowest BCUT2D eigenvalue weighted by molar-refractivity contribution is 0.0941. The van der Waals surface area contributed by atoms with Gasteiger partial charge in [0.1, 0.15) is 5.56 Å².